The van der Waals surface area contributed by atoms with Gasteiger partial charge >= 0.3 is 0 Å². The first kappa shape index (κ1) is 20.3. The number of hydrogen-bond acceptors (Lipinski definition) is 4. The lowest BCUT2D eigenvalue weighted by atomic mass is 10.1. The predicted molar refractivity (Wildman–Crippen MR) is 108 cm³/mol. The Balaban J connectivity index is 1.72. The fourth-order valence-corrected chi connectivity index (χ4v) is 2.89. The van der Waals surface area contributed by atoms with Crippen LogP contribution in [0.5, 0.6) is 11.5 Å². The number of benzene rings is 2. The monoisotopic (exact) mass is 356 g/mol. The Morgan fingerprint density at radius 1 is 0.692 bits per heavy atom. The number of nitrogens with two attached hydrogens (primary N) is 2. The van der Waals surface area contributed by atoms with Gasteiger partial charge in [0.2, 0.25) is 0 Å². The Labute approximate surface area is 157 Å². The largest absolute Gasteiger partial charge is 0.493 e. The number of hydrogen-bond donors (Lipinski definition) is 2. The van der Waals surface area contributed by atoms with E-state index in [0.717, 1.165) is 37.2 Å². The molecule has 142 valence electrons. The summed E-state index contributed by atoms with van der Waals surface area (Å²) in [5.74, 6) is 1.88. The number of ether oxygens (including phenoxy) is 2. The minimum atomic E-state index is 0.129. The fourth-order valence-electron chi connectivity index (χ4n) is 2.89. The summed E-state index contributed by atoms with van der Waals surface area (Å²) in [7, 11) is 0. The zero-order valence-electron chi connectivity index (χ0n) is 16.0. The van der Waals surface area contributed by atoms with Crippen LogP contribution in [0.4, 0.5) is 0 Å². The van der Waals surface area contributed by atoms with Gasteiger partial charge in [0.15, 0.2) is 0 Å². The van der Waals surface area contributed by atoms with Gasteiger partial charge in [0.1, 0.15) is 11.5 Å². The molecule has 0 heterocycles. The normalized spacial score (nSPS) is 13.2. The van der Waals surface area contributed by atoms with Gasteiger partial charge in [-0.25, -0.2) is 0 Å². The van der Waals surface area contributed by atoms with Crippen LogP contribution in [0.2, 0.25) is 0 Å². The van der Waals surface area contributed by atoms with Crippen LogP contribution >= 0.6 is 0 Å². The van der Waals surface area contributed by atoms with Gasteiger partial charge in [0, 0.05) is 12.1 Å². The molecule has 0 amide bonds. The van der Waals surface area contributed by atoms with Crippen LogP contribution in [0.25, 0.3) is 0 Å². The first-order valence-corrected chi connectivity index (χ1v) is 9.49. The minimum Gasteiger partial charge on any atom is -0.493 e. The van der Waals surface area contributed by atoms with Crippen molar-refractivity contribution in [2.75, 3.05) is 13.2 Å². The van der Waals surface area contributed by atoms with Gasteiger partial charge in [-0.05, 0) is 62.8 Å². The third-order valence-corrected chi connectivity index (χ3v) is 4.08. The molecular formula is C22H32N2O2. The van der Waals surface area contributed by atoms with Crippen LogP contribution in [-0.2, 0) is 12.8 Å². The summed E-state index contributed by atoms with van der Waals surface area (Å²) in [6, 6.07) is 16.5. The summed E-state index contributed by atoms with van der Waals surface area (Å²) in [6.07, 6.45) is 3.55. The third kappa shape index (κ3) is 7.06. The summed E-state index contributed by atoms with van der Waals surface area (Å²) >= 11 is 0. The molecule has 2 aromatic rings. The van der Waals surface area contributed by atoms with E-state index >= 15 is 0 Å². The molecule has 4 heteroatoms. The second-order valence-corrected chi connectivity index (χ2v) is 6.98. The van der Waals surface area contributed by atoms with Gasteiger partial charge in [-0.2, -0.15) is 0 Å². The van der Waals surface area contributed by atoms with E-state index in [9.17, 15) is 0 Å². The Kier molecular flexibility index (Phi) is 8.45. The van der Waals surface area contributed by atoms with E-state index in [2.05, 4.69) is 12.1 Å². The quantitative estimate of drug-likeness (QED) is 0.602. The van der Waals surface area contributed by atoms with Gasteiger partial charge in [0.05, 0.1) is 13.2 Å². The molecule has 0 saturated heterocycles. The zero-order valence-corrected chi connectivity index (χ0v) is 16.0. The average molecular weight is 357 g/mol. The summed E-state index contributed by atoms with van der Waals surface area (Å²) in [5.41, 5.74) is 14.2. The molecule has 2 aromatic carbocycles. The van der Waals surface area contributed by atoms with Gasteiger partial charge < -0.3 is 20.9 Å². The molecule has 0 bridgehead atoms. The first-order valence-electron chi connectivity index (χ1n) is 9.49. The van der Waals surface area contributed by atoms with Gasteiger partial charge in [-0.3, -0.25) is 0 Å². The SMILES string of the molecule is CC(N)Cc1ccccc1OCCCCOc1ccccc1CC(C)N. The third-order valence-electron chi connectivity index (χ3n) is 4.08. The first-order chi connectivity index (χ1) is 12.6. The molecule has 0 spiro atoms. The topological polar surface area (TPSA) is 70.5 Å². The molecule has 0 aliphatic carbocycles. The molecule has 0 fully saturated rings. The molecule has 2 rings (SSSR count). The number of rotatable bonds is 11. The fraction of sp³-hybridized carbons (Fsp3) is 0.455. The maximum absolute atomic E-state index is 5.94. The summed E-state index contributed by atoms with van der Waals surface area (Å²) in [4.78, 5) is 0. The van der Waals surface area contributed by atoms with Gasteiger partial charge in [-0.1, -0.05) is 36.4 Å². The lowest BCUT2D eigenvalue weighted by molar-refractivity contribution is 0.263. The van der Waals surface area contributed by atoms with Crippen molar-refractivity contribution < 1.29 is 9.47 Å². The molecule has 0 saturated carbocycles. The smallest absolute Gasteiger partial charge is 0.122 e. The molecule has 0 aliphatic heterocycles. The molecule has 26 heavy (non-hydrogen) atoms. The van der Waals surface area contributed by atoms with E-state index in [0.29, 0.717) is 13.2 Å². The highest BCUT2D eigenvalue weighted by molar-refractivity contribution is 5.34. The van der Waals surface area contributed by atoms with Crippen LogP contribution in [0.1, 0.15) is 37.8 Å². The highest BCUT2D eigenvalue weighted by atomic mass is 16.5. The van der Waals surface area contributed by atoms with Crippen LogP contribution in [0.15, 0.2) is 48.5 Å². The molecular weight excluding hydrogens is 324 g/mol. The van der Waals surface area contributed by atoms with Crippen LogP contribution in [0, 0.1) is 0 Å². The zero-order chi connectivity index (χ0) is 18.8. The van der Waals surface area contributed by atoms with E-state index in [-0.39, 0.29) is 12.1 Å². The maximum atomic E-state index is 5.94. The predicted octanol–water partition coefficient (Wildman–Crippen LogP) is 3.70. The van der Waals surface area contributed by atoms with Crippen molar-refractivity contribution in [1.82, 2.24) is 0 Å². The van der Waals surface area contributed by atoms with Crippen molar-refractivity contribution in [3.63, 3.8) is 0 Å². The lowest BCUT2D eigenvalue weighted by Crippen LogP contribution is -2.18. The van der Waals surface area contributed by atoms with E-state index < -0.39 is 0 Å². The maximum Gasteiger partial charge on any atom is 0.122 e. The van der Waals surface area contributed by atoms with E-state index in [1.807, 2.05) is 50.2 Å². The Hall–Kier alpha value is -2.04. The second-order valence-electron chi connectivity index (χ2n) is 6.98. The molecule has 4 N–H and O–H groups in total. The Bertz CT molecular complexity index is 599. The van der Waals surface area contributed by atoms with Crippen LogP contribution in [0.3, 0.4) is 0 Å². The summed E-state index contributed by atoms with van der Waals surface area (Å²) in [5, 5.41) is 0. The molecule has 0 aliphatic rings. The van der Waals surface area contributed by atoms with Crippen LogP contribution < -0.4 is 20.9 Å². The Morgan fingerprint density at radius 2 is 1.08 bits per heavy atom. The minimum absolute atomic E-state index is 0.129. The van der Waals surface area contributed by atoms with Crippen molar-refractivity contribution >= 4 is 0 Å². The van der Waals surface area contributed by atoms with Gasteiger partial charge in [0.25, 0.3) is 0 Å². The van der Waals surface area contributed by atoms with Crippen molar-refractivity contribution in [3.05, 3.63) is 59.7 Å². The summed E-state index contributed by atoms with van der Waals surface area (Å²) < 4.78 is 11.9. The second kappa shape index (κ2) is 10.8. The molecule has 0 radical (unpaired) electrons. The molecule has 4 nitrogen and oxygen atoms in total. The van der Waals surface area contributed by atoms with E-state index in [1.54, 1.807) is 0 Å². The number of para-hydroxylation sites is 2. The van der Waals surface area contributed by atoms with Crippen LogP contribution in [-0.4, -0.2) is 25.3 Å². The molecule has 2 unspecified atom stereocenters. The molecule has 0 aromatic heterocycles. The highest BCUT2D eigenvalue weighted by Gasteiger charge is 2.07. The van der Waals surface area contributed by atoms with Crippen molar-refractivity contribution in [1.29, 1.82) is 0 Å². The number of unbranched alkanes of at least 4 members (excludes halogenated alkanes) is 1. The van der Waals surface area contributed by atoms with Crippen molar-refractivity contribution in [2.24, 2.45) is 11.5 Å². The van der Waals surface area contributed by atoms with Crippen molar-refractivity contribution in [2.45, 2.75) is 51.6 Å². The standard InChI is InChI=1S/C22H32N2O2/c1-17(23)15-19-9-3-5-11-21(19)25-13-7-8-14-26-22-12-6-4-10-20(22)16-18(2)24/h3-6,9-12,17-18H,7-8,13-16,23-24H2,1-2H3. The summed E-state index contributed by atoms with van der Waals surface area (Å²) in [6.45, 7) is 5.39. The highest BCUT2D eigenvalue weighted by Crippen LogP contribution is 2.21. The van der Waals surface area contributed by atoms with E-state index in [1.165, 1.54) is 11.1 Å². The Morgan fingerprint density at radius 3 is 1.46 bits per heavy atom. The lowest BCUT2D eigenvalue weighted by Gasteiger charge is -2.14. The molecule has 2 atom stereocenters. The van der Waals surface area contributed by atoms with Gasteiger partial charge in [-0.15, -0.1) is 0 Å². The van der Waals surface area contributed by atoms with Crippen molar-refractivity contribution in [3.8, 4) is 11.5 Å². The average Bonchev–Trinajstić information content (AvgIpc) is 2.59. The van der Waals surface area contributed by atoms with E-state index in [4.69, 9.17) is 20.9 Å².